The van der Waals surface area contributed by atoms with Gasteiger partial charge in [-0.2, -0.15) is 0 Å². The molecular formula is C12H19NOS. The van der Waals surface area contributed by atoms with Gasteiger partial charge in [0.05, 0.1) is 10.8 Å². The van der Waals surface area contributed by atoms with Crippen LogP contribution in [0.3, 0.4) is 0 Å². The fraction of sp³-hybridized carbons (Fsp3) is 0.500. The molecular weight excluding hydrogens is 206 g/mol. The number of benzene rings is 1. The molecule has 1 unspecified atom stereocenters. The lowest BCUT2D eigenvalue weighted by atomic mass is 10.2. The molecule has 0 heterocycles. The van der Waals surface area contributed by atoms with E-state index in [0.717, 1.165) is 41.2 Å². The molecule has 3 heteroatoms. The van der Waals surface area contributed by atoms with Crippen molar-refractivity contribution in [3.05, 3.63) is 23.8 Å². The van der Waals surface area contributed by atoms with Crippen molar-refractivity contribution in [3.63, 3.8) is 0 Å². The Morgan fingerprint density at radius 2 is 2.07 bits per heavy atom. The zero-order chi connectivity index (χ0) is 11.3. The van der Waals surface area contributed by atoms with Crippen LogP contribution in [-0.2, 0) is 10.8 Å². The lowest BCUT2D eigenvalue weighted by Crippen LogP contribution is -2.01. The number of rotatable bonds is 5. The average molecular weight is 225 g/mol. The van der Waals surface area contributed by atoms with Gasteiger partial charge in [0.15, 0.2) is 0 Å². The highest BCUT2D eigenvalue weighted by atomic mass is 32.2. The van der Waals surface area contributed by atoms with E-state index in [0.29, 0.717) is 0 Å². The van der Waals surface area contributed by atoms with Gasteiger partial charge >= 0.3 is 0 Å². The third-order valence-electron chi connectivity index (χ3n) is 2.38. The highest BCUT2D eigenvalue weighted by Gasteiger charge is 2.06. The molecule has 0 fully saturated rings. The number of nitrogen functional groups attached to an aromatic ring is 1. The van der Waals surface area contributed by atoms with Crippen molar-refractivity contribution in [1.29, 1.82) is 0 Å². The third-order valence-corrected chi connectivity index (χ3v) is 3.99. The topological polar surface area (TPSA) is 43.1 Å². The zero-order valence-electron chi connectivity index (χ0n) is 9.45. The van der Waals surface area contributed by atoms with Crippen LogP contribution >= 0.6 is 0 Å². The minimum atomic E-state index is -0.860. The molecule has 0 saturated heterocycles. The summed E-state index contributed by atoms with van der Waals surface area (Å²) in [4.78, 5) is 0.931. The molecule has 0 aliphatic rings. The van der Waals surface area contributed by atoms with E-state index in [2.05, 4.69) is 6.92 Å². The molecule has 15 heavy (non-hydrogen) atoms. The van der Waals surface area contributed by atoms with E-state index in [1.807, 2.05) is 25.1 Å². The van der Waals surface area contributed by atoms with Gasteiger partial charge in [0.1, 0.15) is 0 Å². The van der Waals surface area contributed by atoms with Crippen LogP contribution in [0.25, 0.3) is 0 Å². The fourth-order valence-corrected chi connectivity index (χ4v) is 2.85. The maximum atomic E-state index is 11.9. The predicted octanol–water partition coefficient (Wildman–Crippen LogP) is 2.88. The molecule has 0 aliphatic heterocycles. The van der Waals surface area contributed by atoms with Gasteiger partial charge in [-0.15, -0.1) is 0 Å². The fourth-order valence-electron chi connectivity index (χ4n) is 1.52. The molecule has 0 aliphatic carbocycles. The van der Waals surface area contributed by atoms with Crippen molar-refractivity contribution in [1.82, 2.24) is 0 Å². The number of hydrogen-bond acceptors (Lipinski definition) is 2. The van der Waals surface area contributed by atoms with E-state index in [-0.39, 0.29) is 0 Å². The van der Waals surface area contributed by atoms with Crippen LogP contribution < -0.4 is 5.73 Å². The Hall–Kier alpha value is -0.830. The first-order valence-corrected chi connectivity index (χ1v) is 6.71. The predicted molar refractivity (Wildman–Crippen MR) is 66.4 cm³/mol. The van der Waals surface area contributed by atoms with E-state index < -0.39 is 10.8 Å². The van der Waals surface area contributed by atoms with Crippen molar-refractivity contribution in [2.75, 3.05) is 11.5 Å². The molecule has 2 nitrogen and oxygen atoms in total. The van der Waals surface area contributed by atoms with Gasteiger partial charge < -0.3 is 5.73 Å². The van der Waals surface area contributed by atoms with Crippen LogP contribution in [0, 0.1) is 6.92 Å². The molecule has 0 aromatic heterocycles. The molecule has 0 saturated carbocycles. The molecule has 1 aromatic rings. The van der Waals surface area contributed by atoms with Gasteiger partial charge in [-0.3, -0.25) is 4.21 Å². The van der Waals surface area contributed by atoms with Gasteiger partial charge in [-0.1, -0.05) is 19.8 Å². The lowest BCUT2D eigenvalue weighted by molar-refractivity contribution is 0.676. The second kappa shape index (κ2) is 5.91. The summed E-state index contributed by atoms with van der Waals surface area (Å²) in [6.07, 6.45) is 3.35. The SMILES string of the molecule is CCCCCS(=O)c1ccc(N)cc1C. The number of unbranched alkanes of at least 4 members (excludes halogenated alkanes) is 2. The quantitative estimate of drug-likeness (QED) is 0.618. The van der Waals surface area contributed by atoms with E-state index in [4.69, 9.17) is 5.73 Å². The summed E-state index contributed by atoms with van der Waals surface area (Å²) in [6.45, 7) is 4.11. The van der Waals surface area contributed by atoms with Crippen LogP contribution in [0.2, 0.25) is 0 Å². The summed E-state index contributed by atoms with van der Waals surface area (Å²) in [5, 5.41) is 0. The molecule has 84 valence electrons. The standard InChI is InChI=1S/C12H19NOS/c1-3-4-5-8-15(14)12-7-6-11(13)9-10(12)2/h6-7,9H,3-5,8,13H2,1-2H3. The molecule has 2 N–H and O–H groups in total. The Kier molecular flexibility index (Phi) is 4.82. The zero-order valence-corrected chi connectivity index (χ0v) is 10.3. The van der Waals surface area contributed by atoms with Gasteiger partial charge in [0.25, 0.3) is 0 Å². The Bertz CT molecular complexity index is 349. The molecule has 1 rings (SSSR count). The summed E-state index contributed by atoms with van der Waals surface area (Å²) in [6, 6.07) is 5.58. The first-order valence-electron chi connectivity index (χ1n) is 5.39. The van der Waals surface area contributed by atoms with E-state index in [1.165, 1.54) is 0 Å². The van der Waals surface area contributed by atoms with Crippen LogP contribution in [0.4, 0.5) is 5.69 Å². The maximum Gasteiger partial charge on any atom is 0.0532 e. The number of anilines is 1. The lowest BCUT2D eigenvalue weighted by Gasteiger charge is -2.06. The van der Waals surface area contributed by atoms with Crippen LogP contribution in [0.15, 0.2) is 23.1 Å². The Morgan fingerprint density at radius 1 is 1.33 bits per heavy atom. The normalized spacial score (nSPS) is 12.7. The van der Waals surface area contributed by atoms with Gasteiger partial charge in [0.2, 0.25) is 0 Å². The van der Waals surface area contributed by atoms with Crippen molar-refractivity contribution in [2.45, 2.75) is 38.0 Å². The molecule has 1 atom stereocenters. The maximum absolute atomic E-state index is 11.9. The molecule has 0 bridgehead atoms. The summed E-state index contributed by atoms with van der Waals surface area (Å²) >= 11 is 0. The molecule has 0 amide bonds. The summed E-state index contributed by atoms with van der Waals surface area (Å²) in [5.74, 6) is 0.762. The minimum absolute atomic E-state index is 0.738. The van der Waals surface area contributed by atoms with Crippen molar-refractivity contribution < 1.29 is 4.21 Å². The molecule has 0 radical (unpaired) electrons. The van der Waals surface area contributed by atoms with Gasteiger partial charge in [-0.05, 0) is 37.1 Å². The Labute approximate surface area is 94.3 Å². The molecule has 1 aromatic carbocycles. The van der Waals surface area contributed by atoms with E-state index >= 15 is 0 Å². The summed E-state index contributed by atoms with van der Waals surface area (Å²) in [5.41, 5.74) is 7.42. The van der Waals surface area contributed by atoms with Gasteiger partial charge in [0, 0.05) is 16.3 Å². The average Bonchev–Trinajstić information content (AvgIpc) is 2.17. The van der Waals surface area contributed by atoms with Crippen molar-refractivity contribution in [3.8, 4) is 0 Å². The highest BCUT2D eigenvalue weighted by molar-refractivity contribution is 7.85. The van der Waals surface area contributed by atoms with E-state index in [1.54, 1.807) is 0 Å². The Morgan fingerprint density at radius 3 is 2.67 bits per heavy atom. The minimum Gasteiger partial charge on any atom is -0.399 e. The number of hydrogen-bond donors (Lipinski definition) is 1. The van der Waals surface area contributed by atoms with Crippen LogP contribution in [0.5, 0.6) is 0 Å². The molecule has 0 spiro atoms. The van der Waals surface area contributed by atoms with E-state index in [9.17, 15) is 4.21 Å². The highest BCUT2D eigenvalue weighted by Crippen LogP contribution is 2.17. The van der Waals surface area contributed by atoms with Crippen molar-refractivity contribution >= 4 is 16.5 Å². The first-order chi connectivity index (χ1) is 7.15. The summed E-state index contributed by atoms with van der Waals surface area (Å²) < 4.78 is 11.9. The van der Waals surface area contributed by atoms with Crippen LogP contribution in [0.1, 0.15) is 31.7 Å². The second-order valence-electron chi connectivity index (χ2n) is 3.78. The first kappa shape index (κ1) is 12.2. The second-order valence-corrected chi connectivity index (χ2v) is 5.32. The third kappa shape index (κ3) is 3.67. The smallest absolute Gasteiger partial charge is 0.0532 e. The van der Waals surface area contributed by atoms with Crippen LogP contribution in [-0.4, -0.2) is 9.96 Å². The Balaban J connectivity index is 2.65. The largest absolute Gasteiger partial charge is 0.399 e. The number of aryl methyl sites for hydroxylation is 1. The van der Waals surface area contributed by atoms with Gasteiger partial charge in [-0.25, -0.2) is 0 Å². The monoisotopic (exact) mass is 225 g/mol. The number of nitrogens with two attached hydrogens (primary N) is 1. The summed E-state index contributed by atoms with van der Waals surface area (Å²) in [7, 11) is -0.860. The van der Waals surface area contributed by atoms with Crippen molar-refractivity contribution in [2.24, 2.45) is 0 Å².